The molecule has 0 saturated carbocycles. The molecule has 1 amide bonds. The Bertz CT molecular complexity index is 287. The molecule has 2 unspecified atom stereocenters. The highest BCUT2D eigenvalue weighted by Gasteiger charge is 2.21. The molecule has 0 aromatic heterocycles. The number of rotatable bonds is 5. The first-order valence-corrected chi connectivity index (χ1v) is 6.61. The van der Waals surface area contributed by atoms with Crippen LogP contribution in [0.5, 0.6) is 0 Å². The highest BCUT2D eigenvalue weighted by Crippen LogP contribution is 2.09. The second-order valence-corrected chi connectivity index (χ2v) is 5.01. The number of nitrogens with two attached hydrogens (primary N) is 1. The Hall–Kier alpha value is -0.790. The number of amides is 1. The summed E-state index contributed by atoms with van der Waals surface area (Å²) in [7, 11) is 0. The van der Waals surface area contributed by atoms with Gasteiger partial charge in [0, 0.05) is 18.8 Å². The fourth-order valence-corrected chi connectivity index (χ4v) is 2.35. The SMILES string of the molecule is CC1CN(C(=O)CSCC(N)C(=O)O)CCO1. The zero-order chi connectivity index (χ0) is 12.8. The zero-order valence-corrected chi connectivity index (χ0v) is 10.6. The van der Waals surface area contributed by atoms with Gasteiger partial charge in [-0.05, 0) is 6.92 Å². The van der Waals surface area contributed by atoms with Gasteiger partial charge in [0.2, 0.25) is 5.91 Å². The Balaban J connectivity index is 2.22. The molecular weight excluding hydrogens is 244 g/mol. The fraction of sp³-hybridized carbons (Fsp3) is 0.800. The van der Waals surface area contributed by atoms with Gasteiger partial charge in [-0.2, -0.15) is 0 Å². The van der Waals surface area contributed by atoms with Crippen LogP contribution in [0.25, 0.3) is 0 Å². The largest absolute Gasteiger partial charge is 0.480 e. The van der Waals surface area contributed by atoms with Crippen molar-refractivity contribution in [1.82, 2.24) is 4.90 Å². The third-order valence-corrected chi connectivity index (χ3v) is 3.48. The summed E-state index contributed by atoms with van der Waals surface area (Å²) in [5.41, 5.74) is 5.34. The van der Waals surface area contributed by atoms with Crippen molar-refractivity contribution in [3.8, 4) is 0 Å². The average Bonchev–Trinajstić information content (AvgIpc) is 2.28. The molecule has 2 atom stereocenters. The van der Waals surface area contributed by atoms with Gasteiger partial charge in [0.25, 0.3) is 0 Å². The molecule has 0 spiro atoms. The van der Waals surface area contributed by atoms with Crippen LogP contribution in [0.15, 0.2) is 0 Å². The van der Waals surface area contributed by atoms with E-state index in [4.69, 9.17) is 15.6 Å². The van der Waals surface area contributed by atoms with E-state index in [-0.39, 0.29) is 23.5 Å². The molecule has 1 aliphatic heterocycles. The first-order valence-electron chi connectivity index (χ1n) is 5.46. The lowest BCUT2D eigenvalue weighted by atomic mass is 10.3. The number of morpholine rings is 1. The molecule has 17 heavy (non-hydrogen) atoms. The van der Waals surface area contributed by atoms with Crippen LogP contribution in [-0.4, -0.2) is 65.2 Å². The highest BCUT2D eigenvalue weighted by atomic mass is 32.2. The average molecular weight is 262 g/mol. The number of carboxylic acid groups (broad SMARTS) is 1. The van der Waals surface area contributed by atoms with E-state index in [2.05, 4.69) is 0 Å². The van der Waals surface area contributed by atoms with Gasteiger partial charge >= 0.3 is 5.97 Å². The Morgan fingerprint density at radius 3 is 2.94 bits per heavy atom. The van der Waals surface area contributed by atoms with Crippen LogP contribution in [0.4, 0.5) is 0 Å². The molecule has 0 aromatic carbocycles. The number of hydrogen-bond acceptors (Lipinski definition) is 5. The number of thioether (sulfide) groups is 1. The number of nitrogens with zero attached hydrogens (tertiary/aromatic N) is 1. The molecule has 0 radical (unpaired) electrons. The van der Waals surface area contributed by atoms with Gasteiger partial charge in [-0.1, -0.05) is 0 Å². The van der Waals surface area contributed by atoms with Crippen LogP contribution < -0.4 is 5.73 Å². The van der Waals surface area contributed by atoms with Gasteiger partial charge in [0.1, 0.15) is 6.04 Å². The summed E-state index contributed by atoms with van der Waals surface area (Å²) in [5.74, 6) is -0.498. The van der Waals surface area contributed by atoms with Crippen LogP contribution in [0.2, 0.25) is 0 Å². The first kappa shape index (κ1) is 14.3. The van der Waals surface area contributed by atoms with Crippen molar-refractivity contribution in [2.45, 2.75) is 19.1 Å². The Kier molecular flexibility index (Phi) is 5.73. The van der Waals surface area contributed by atoms with Crippen molar-refractivity contribution in [1.29, 1.82) is 0 Å². The second-order valence-electron chi connectivity index (χ2n) is 3.98. The van der Waals surface area contributed by atoms with E-state index in [0.717, 1.165) is 0 Å². The third kappa shape index (κ3) is 4.93. The Morgan fingerprint density at radius 1 is 1.65 bits per heavy atom. The smallest absolute Gasteiger partial charge is 0.321 e. The molecule has 3 N–H and O–H groups in total. The highest BCUT2D eigenvalue weighted by molar-refractivity contribution is 8.00. The molecule has 0 aliphatic carbocycles. The van der Waals surface area contributed by atoms with Crippen molar-refractivity contribution in [3.05, 3.63) is 0 Å². The molecule has 98 valence electrons. The lowest BCUT2D eigenvalue weighted by Gasteiger charge is -2.31. The summed E-state index contributed by atoms with van der Waals surface area (Å²) in [5, 5.41) is 8.58. The fourth-order valence-electron chi connectivity index (χ4n) is 1.48. The van der Waals surface area contributed by atoms with Gasteiger partial charge in [-0.15, -0.1) is 11.8 Å². The predicted octanol–water partition coefficient (Wildman–Crippen LogP) is -0.621. The molecule has 1 rings (SSSR count). The molecule has 1 heterocycles. The van der Waals surface area contributed by atoms with Crippen LogP contribution in [0.3, 0.4) is 0 Å². The molecule has 6 nitrogen and oxygen atoms in total. The maximum atomic E-state index is 11.8. The standard InChI is InChI=1S/C10H18N2O4S/c1-7-4-12(2-3-16-7)9(13)6-17-5-8(11)10(14)15/h7-8H,2-6,11H2,1H3,(H,14,15). The Morgan fingerprint density at radius 2 is 2.35 bits per heavy atom. The molecule has 1 fully saturated rings. The van der Waals surface area contributed by atoms with Crippen molar-refractivity contribution in [2.24, 2.45) is 5.73 Å². The lowest BCUT2D eigenvalue weighted by Crippen LogP contribution is -2.45. The molecule has 7 heteroatoms. The number of carbonyl (C=O) groups excluding carboxylic acids is 1. The normalized spacial score (nSPS) is 22.2. The Labute approximate surface area is 104 Å². The molecule has 0 aromatic rings. The van der Waals surface area contributed by atoms with E-state index in [1.54, 1.807) is 4.90 Å². The maximum absolute atomic E-state index is 11.8. The number of aliphatic carboxylic acids is 1. The number of carboxylic acids is 1. The van der Waals surface area contributed by atoms with Gasteiger partial charge in [-0.3, -0.25) is 9.59 Å². The van der Waals surface area contributed by atoms with Crippen LogP contribution in [0.1, 0.15) is 6.92 Å². The third-order valence-electron chi connectivity index (χ3n) is 2.43. The van der Waals surface area contributed by atoms with Crippen molar-refractivity contribution in [3.63, 3.8) is 0 Å². The minimum atomic E-state index is -1.04. The van der Waals surface area contributed by atoms with E-state index < -0.39 is 12.0 Å². The van der Waals surface area contributed by atoms with E-state index >= 15 is 0 Å². The van der Waals surface area contributed by atoms with E-state index in [1.165, 1.54) is 11.8 Å². The van der Waals surface area contributed by atoms with E-state index in [1.807, 2.05) is 6.92 Å². The number of carbonyl (C=O) groups is 2. The molecule has 1 saturated heterocycles. The summed E-state index contributed by atoms with van der Waals surface area (Å²) in [4.78, 5) is 24.0. The van der Waals surface area contributed by atoms with Crippen LogP contribution >= 0.6 is 11.8 Å². The van der Waals surface area contributed by atoms with Crippen molar-refractivity contribution in [2.75, 3.05) is 31.2 Å². The maximum Gasteiger partial charge on any atom is 0.321 e. The van der Waals surface area contributed by atoms with Gasteiger partial charge in [0.15, 0.2) is 0 Å². The summed E-state index contributed by atoms with van der Waals surface area (Å²) < 4.78 is 5.33. The summed E-state index contributed by atoms with van der Waals surface area (Å²) in [6, 6.07) is -0.906. The summed E-state index contributed by atoms with van der Waals surface area (Å²) in [6.45, 7) is 3.69. The quantitative estimate of drug-likeness (QED) is 0.686. The molecule has 1 aliphatic rings. The van der Waals surface area contributed by atoms with Gasteiger partial charge < -0.3 is 20.5 Å². The monoisotopic (exact) mass is 262 g/mol. The number of hydrogen-bond donors (Lipinski definition) is 2. The minimum absolute atomic E-state index is 0.0164. The van der Waals surface area contributed by atoms with Gasteiger partial charge in [-0.25, -0.2) is 0 Å². The summed E-state index contributed by atoms with van der Waals surface area (Å²) >= 11 is 1.25. The van der Waals surface area contributed by atoms with Crippen molar-refractivity contribution < 1.29 is 19.4 Å². The zero-order valence-electron chi connectivity index (χ0n) is 9.80. The van der Waals surface area contributed by atoms with Crippen molar-refractivity contribution >= 4 is 23.6 Å². The molecular formula is C10H18N2O4S. The van der Waals surface area contributed by atoms with Crippen LogP contribution in [-0.2, 0) is 14.3 Å². The molecule has 0 bridgehead atoms. The lowest BCUT2D eigenvalue weighted by molar-refractivity contribution is -0.138. The first-order chi connectivity index (χ1) is 8.00. The number of ether oxygens (including phenoxy) is 1. The minimum Gasteiger partial charge on any atom is -0.480 e. The predicted molar refractivity (Wildman–Crippen MR) is 64.9 cm³/mol. The van der Waals surface area contributed by atoms with E-state index in [0.29, 0.717) is 19.7 Å². The second kappa shape index (κ2) is 6.83. The van der Waals surface area contributed by atoms with Gasteiger partial charge in [0.05, 0.1) is 18.5 Å². The van der Waals surface area contributed by atoms with Crippen LogP contribution in [0, 0.1) is 0 Å². The van der Waals surface area contributed by atoms with E-state index in [9.17, 15) is 9.59 Å². The topological polar surface area (TPSA) is 92.9 Å². The summed E-state index contributed by atoms with van der Waals surface area (Å²) in [6.07, 6.45) is 0.0685.